The van der Waals surface area contributed by atoms with Gasteiger partial charge in [0.25, 0.3) is 10.2 Å². The van der Waals surface area contributed by atoms with Gasteiger partial charge in [0.2, 0.25) is 0 Å². The van der Waals surface area contributed by atoms with Gasteiger partial charge >= 0.3 is 0 Å². The predicted molar refractivity (Wildman–Crippen MR) is 60.3 cm³/mol. The first kappa shape index (κ1) is 12.3. The van der Waals surface area contributed by atoms with Gasteiger partial charge in [-0.15, -0.1) is 0 Å². The topological polar surface area (TPSA) is 70.7 Å². The number of hydrogen-bond donors (Lipinski definition) is 2. The molecule has 0 atom stereocenters. The van der Waals surface area contributed by atoms with E-state index in [1.54, 1.807) is 0 Å². The number of ether oxygens (including phenoxy) is 1. The molecule has 1 aliphatic heterocycles. The van der Waals surface area contributed by atoms with Crippen LogP contribution in [-0.2, 0) is 14.9 Å². The first-order valence-electron chi connectivity index (χ1n) is 5.74. The van der Waals surface area contributed by atoms with Gasteiger partial charge in [-0.2, -0.15) is 12.7 Å². The molecule has 16 heavy (non-hydrogen) atoms. The normalized spacial score (nSPS) is 23.5. The molecule has 1 heterocycles. The van der Waals surface area contributed by atoms with Crippen LogP contribution in [0.1, 0.15) is 12.8 Å². The van der Waals surface area contributed by atoms with Gasteiger partial charge in [-0.1, -0.05) is 0 Å². The van der Waals surface area contributed by atoms with Gasteiger partial charge in [-0.25, -0.2) is 4.72 Å². The number of rotatable bonds is 6. The van der Waals surface area contributed by atoms with E-state index in [-0.39, 0.29) is 0 Å². The van der Waals surface area contributed by atoms with E-state index in [0.29, 0.717) is 45.4 Å². The van der Waals surface area contributed by atoms with E-state index in [4.69, 9.17) is 4.74 Å². The van der Waals surface area contributed by atoms with Crippen LogP contribution in [0.25, 0.3) is 0 Å². The number of morpholine rings is 1. The summed E-state index contributed by atoms with van der Waals surface area (Å²) < 4.78 is 32.7. The number of hydrogen-bond acceptors (Lipinski definition) is 4. The highest BCUT2D eigenvalue weighted by molar-refractivity contribution is 7.87. The minimum absolute atomic E-state index is 0.450. The van der Waals surface area contributed by atoms with E-state index in [2.05, 4.69) is 10.0 Å². The van der Waals surface area contributed by atoms with Crippen molar-refractivity contribution in [3.8, 4) is 0 Å². The van der Waals surface area contributed by atoms with Crippen LogP contribution in [0.5, 0.6) is 0 Å². The van der Waals surface area contributed by atoms with Crippen molar-refractivity contribution in [2.75, 3.05) is 39.4 Å². The van der Waals surface area contributed by atoms with E-state index in [1.807, 2.05) is 0 Å². The molecule has 0 amide bonds. The highest BCUT2D eigenvalue weighted by atomic mass is 32.2. The summed E-state index contributed by atoms with van der Waals surface area (Å²) in [5, 5.41) is 3.26. The summed E-state index contributed by atoms with van der Waals surface area (Å²) in [4.78, 5) is 0. The van der Waals surface area contributed by atoms with Gasteiger partial charge in [0.15, 0.2) is 0 Å². The van der Waals surface area contributed by atoms with Gasteiger partial charge in [0.05, 0.1) is 13.2 Å². The zero-order valence-corrected chi connectivity index (χ0v) is 10.1. The molecule has 6 nitrogen and oxygen atoms in total. The first-order chi connectivity index (χ1) is 7.68. The molecule has 0 aromatic rings. The Balaban J connectivity index is 1.68. The van der Waals surface area contributed by atoms with Crippen LogP contribution < -0.4 is 10.0 Å². The monoisotopic (exact) mass is 249 g/mol. The van der Waals surface area contributed by atoms with E-state index >= 15 is 0 Å². The summed E-state index contributed by atoms with van der Waals surface area (Å²) >= 11 is 0. The van der Waals surface area contributed by atoms with Gasteiger partial charge < -0.3 is 10.1 Å². The van der Waals surface area contributed by atoms with E-state index in [9.17, 15) is 8.42 Å². The fraction of sp³-hybridized carbons (Fsp3) is 1.00. The van der Waals surface area contributed by atoms with Crippen molar-refractivity contribution in [2.24, 2.45) is 0 Å². The van der Waals surface area contributed by atoms with Crippen molar-refractivity contribution in [1.29, 1.82) is 0 Å². The highest BCUT2D eigenvalue weighted by Gasteiger charge is 2.24. The van der Waals surface area contributed by atoms with Crippen LogP contribution >= 0.6 is 0 Å². The summed E-state index contributed by atoms with van der Waals surface area (Å²) in [6.45, 7) is 3.03. The van der Waals surface area contributed by atoms with Crippen LogP contribution in [-0.4, -0.2) is 58.2 Å². The molecule has 0 bridgehead atoms. The Morgan fingerprint density at radius 2 is 1.88 bits per heavy atom. The molecule has 0 aromatic heterocycles. The zero-order chi connectivity index (χ0) is 11.4. The highest BCUT2D eigenvalue weighted by Crippen LogP contribution is 2.17. The third-order valence-corrected chi connectivity index (χ3v) is 4.34. The fourth-order valence-electron chi connectivity index (χ4n) is 1.62. The Morgan fingerprint density at radius 1 is 1.19 bits per heavy atom. The van der Waals surface area contributed by atoms with Crippen LogP contribution in [0.3, 0.4) is 0 Å². The Kier molecular flexibility index (Phi) is 4.15. The molecule has 1 saturated heterocycles. The standard InChI is InChI=1S/C9H19N3O3S/c13-16(14,12-5-7-15-8-6-12)11-4-3-10-9-1-2-9/h9-11H,1-8H2. The maximum atomic E-state index is 11.8. The minimum atomic E-state index is -3.30. The maximum absolute atomic E-state index is 11.8. The van der Waals surface area contributed by atoms with Crippen molar-refractivity contribution in [3.05, 3.63) is 0 Å². The molecule has 0 spiro atoms. The van der Waals surface area contributed by atoms with Gasteiger partial charge in [0.1, 0.15) is 0 Å². The molecule has 0 unspecified atom stereocenters. The maximum Gasteiger partial charge on any atom is 0.279 e. The molecule has 2 fully saturated rings. The van der Waals surface area contributed by atoms with Gasteiger partial charge in [-0.05, 0) is 12.8 Å². The third kappa shape index (κ3) is 3.67. The first-order valence-corrected chi connectivity index (χ1v) is 7.18. The van der Waals surface area contributed by atoms with Gasteiger partial charge in [0, 0.05) is 32.2 Å². The van der Waals surface area contributed by atoms with Crippen molar-refractivity contribution in [1.82, 2.24) is 14.3 Å². The van der Waals surface area contributed by atoms with Crippen LogP contribution in [0.15, 0.2) is 0 Å². The Labute approximate surface area is 96.5 Å². The second-order valence-corrected chi connectivity index (χ2v) is 5.89. The van der Waals surface area contributed by atoms with E-state index in [1.165, 1.54) is 17.1 Å². The second-order valence-electron chi connectivity index (χ2n) is 4.14. The summed E-state index contributed by atoms with van der Waals surface area (Å²) in [5.41, 5.74) is 0. The molecule has 0 radical (unpaired) electrons. The molecule has 2 rings (SSSR count). The second kappa shape index (κ2) is 5.42. The number of nitrogens with zero attached hydrogens (tertiary/aromatic N) is 1. The lowest BCUT2D eigenvalue weighted by Gasteiger charge is -2.26. The van der Waals surface area contributed by atoms with Gasteiger partial charge in [-0.3, -0.25) is 0 Å². The average Bonchev–Trinajstić information content (AvgIpc) is 3.10. The van der Waals surface area contributed by atoms with Crippen molar-refractivity contribution < 1.29 is 13.2 Å². The average molecular weight is 249 g/mol. The molecule has 1 aliphatic carbocycles. The molecule has 2 N–H and O–H groups in total. The summed E-state index contributed by atoms with van der Waals surface area (Å²) in [6, 6.07) is 0.618. The molecule has 7 heteroatoms. The number of nitrogens with one attached hydrogen (secondary N) is 2. The lowest BCUT2D eigenvalue weighted by Crippen LogP contribution is -2.47. The quantitative estimate of drug-likeness (QED) is 0.587. The predicted octanol–water partition coefficient (Wildman–Crippen LogP) is -1.09. The smallest absolute Gasteiger partial charge is 0.279 e. The Hall–Kier alpha value is -0.210. The van der Waals surface area contributed by atoms with Crippen LogP contribution in [0, 0.1) is 0 Å². The van der Waals surface area contributed by atoms with E-state index < -0.39 is 10.2 Å². The molecule has 0 aromatic carbocycles. The molecule has 1 saturated carbocycles. The largest absolute Gasteiger partial charge is 0.379 e. The Morgan fingerprint density at radius 3 is 2.50 bits per heavy atom. The Bertz CT molecular complexity index is 310. The SMILES string of the molecule is O=S(=O)(NCCNC1CC1)N1CCOCC1. The molecular weight excluding hydrogens is 230 g/mol. The lowest BCUT2D eigenvalue weighted by molar-refractivity contribution is 0.0725. The van der Waals surface area contributed by atoms with Crippen molar-refractivity contribution in [2.45, 2.75) is 18.9 Å². The zero-order valence-electron chi connectivity index (χ0n) is 9.31. The summed E-state index contributed by atoms with van der Waals surface area (Å²) in [6.07, 6.45) is 2.44. The third-order valence-electron chi connectivity index (χ3n) is 2.73. The fourth-order valence-corrected chi connectivity index (χ4v) is 2.79. The molecule has 2 aliphatic rings. The summed E-state index contributed by atoms with van der Waals surface area (Å²) in [7, 11) is -3.30. The lowest BCUT2D eigenvalue weighted by atomic mass is 10.5. The summed E-state index contributed by atoms with van der Waals surface area (Å²) in [5.74, 6) is 0. The van der Waals surface area contributed by atoms with Crippen molar-refractivity contribution >= 4 is 10.2 Å². The van der Waals surface area contributed by atoms with Crippen LogP contribution in [0.2, 0.25) is 0 Å². The molecular formula is C9H19N3O3S. The van der Waals surface area contributed by atoms with E-state index in [0.717, 1.165) is 0 Å². The minimum Gasteiger partial charge on any atom is -0.379 e. The van der Waals surface area contributed by atoms with Crippen molar-refractivity contribution in [3.63, 3.8) is 0 Å². The van der Waals surface area contributed by atoms with Crippen LogP contribution in [0.4, 0.5) is 0 Å². The molecule has 94 valence electrons.